The molecule has 0 saturated heterocycles. The second kappa shape index (κ2) is 9.42. The number of alkyl halides is 1. The molecule has 1 atom stereocenters. The van der Waals surface area contributed by atoms with E-state index < -0.39 is 18.0 Å². The van der Waals surface area contributed by atoms with Crippen LogP contribution < -0.4 is 5.32 Å². The number of hydrogen-bond acceptors (Lipinski definition) is 4. The number of fused-ring (bicyclic) bond motifs is 1. The van der Waals surface area contributed by atoms with Crippen molar-refractivity contribution in [3.8, 4) is 5.75 Å². The number of rotatable bonds is 7. The van der Waals surface area contributed by atoms with Crippen molar-refractivity contribution in [1.82, 2.24) is 4.57 Å². The third kappa shape index (κ3) is 4.61. The number of carbonyl (C=O) groups is 2. The van der Waals surface area contributed by atoms with E-state index in [1.165, 1.54) is 0 Å². The number of aryl methyl sites for hydroxylation is 2. The molecule has 0 aliphatic rings. The second-order valence-electron chi connectivity index (χ2n) is 8.22. The number of benzene rings is 2. The molecule has 0 saturated carbocycles. The Morgan fingerprint density at radius 2 is 1.88 bits per heavy atom. The summed E-state index contributed by atoms with van der Waals surface area (Å²) in [6.07, 6.45) is -2.39. The van der Waals surface area contributed by atoms with Crippen molar-refractivity contribution in [2.75, 3.05) is 11.9 Å². The lowest BCUT2D eigenvalue weighted by atomic mass is 9.99. The first-order valence-electron chi connectivity index (χ1n) is 10.7. The van der Waals surface area contributed by atoms with Gasteiger partial charge in [0.1, 0.15) is 5.75 Å². The Labute approximate surface area is 187 Å². The Morgan fingerprint density at radius 3 is 2.53 bits per heavy atom. The molecule has 0 aliphatic heterocycles. The molecule has 0 spiro atoms. The Morgan fingerprint density at radius 1 is 1.16 bits per heavy atom. The minimum atomic E-state index is -2.39. The summed E-state index contributed by atoms with van der Waals surface area (Å²) in [5, 5.41) is 13.4. The van der Waals surface area contributed by atoms with Crippen molar-refractivity contribution in [3.63, 3.8) is 0 Å². The average Bonchev–Trinajstić information content (AvgIpc) is 3.07. The van der Waals surface area contributed by atoms with Crippen LogP contribution in [0.2, 0.25) is 0 Å². The van der Waals surface area contributed by atoms with Crippen molar-refractivity contribution in [2.24, 2.45) is 0 Å². The highest BCUT2D eigenvalue weighted by Gasteiger charge is 2.28. The molecule has 3 aromatic rings. The van der Waals surface area contributed by atoms with Crippen LogP contribution in [0, 0.1) is 13.8 Å². The predicted octanol–water partition coefficient (Wildman–Crippen LogP) is 4.98. The number of aromatic nitrogens is 1. The molecule has 0 radical (unpaired) electrons. The molecule has 1 amide bonds. The van der Waals surface area contributed by atoms with Gasteiger partial charge in [0, 0.05) is 17.6 Å². The number of phenolic OH excluding ortho intramolecular Hbond substituents is 1. The summed E-state index contributed by atoms with van der Waals surface area (Å²) >= 11 is 0. The maximum atomic E-state index is 14.1. The van der Waals surface area contributed by atoms with E-state index in [1.54, 1.807) is 19.1 Å². The highest BCUT2D eigenvalue weighted by Crippen LogP contribution is 2.32. The Kier molecular flexibility index (Phi) is 6.87. The second-order valence-corrected chi connectivity index (χ2v) is 8.22. The summed E-state index contributed by atoms with van der Waals surface area (Å²) in [6.45, 7) is 10.1. The van der Waals surface area contributed by atoms with E-state index >= 15 is 0 Å². The summed E-state index contributed by atoms with van der Waals surface area (Å²) in [5.74, 6) is -1.79. The largest absolute Gasteiger partial charge is 0.508 e. The molecule has 6 nitrogen and oxygen atoms in total. The first-order chi connectivity index (χ1) is 15.1. The Bertz CT molecular complexity index is 1170. The third-order valence-electron chi connectivity index (χ3n) is 5.50. The van der Waals surface area contributed by atoms with Gasteiger partial charge in [0.2, 0.25) is 0 Å². The number of aromatic hydroxyl groups is 1. The monoisotopic (exact) mass is 440 g/mol. The topological polar surface area (TPSA) is 80.6 Å². The first kappa shape index (κ1) is 23.3. The zero-order valence-electron chi connectivity index (χ0n) is 19.0. The van der Waals surface area contributed by atoms with E-state index in [9.17, 15) is 19.1 Å². The molecule has 0 aliphatic carbocycles. The van der Waals surface area contributed by atoms with Gasteiger partial charge in [-0.25, -0.2) is 9.18 Å². The molecule has 2 aromatic carbocycles. The lowest BCUT2D eigenvalue weighted by molar-refractivity contribution is -0.152. The van der Waals surface area contributed by atoms with Crippen LogP contribution in [0.4, 0.5) is 10.1 Å². The SMILES string of the molecule is CCOC(=O)C(F)C(=O)Nc1ccc(C)c2c1cc(C)n2Cc1ccc(O)c(C(C)C)c1. The average molecular weight is 441 g/mol. The molecule has 1 heterocycles. The summed E-state index contributed by atoms with van der Waals surface area (Å²) in [4.78, 5) is 23.8. The molecule has 0 fully saturated rings. The lowest BCUT2D eigenvalue weighted by Gasteiger charge is -2.15. The number of amides is 1. The van der Waals surface area contributed by atoms with E-state index in [0.29, 0.717) is 12.2 Å². The van der Waals surface area contributed by atoms with Gasteiger partial charge in [-0.05, 0) is 61.6 Å². The maximum Gasteiger partial charge on any atom is 0.350 e. The van der Waals surface area contributed by atoms with Gasteiger partial charge in [0.15, 0.2) is 0 Å². The number of phenols is 1. The molecular weight excluding hydrogens is 411 g/mol. The molecule has 1 unspecified atom stereocenters. The van der Waals surface area contributed by atoms with E-state index in [4.69, 9.17) is 0 Å². The fraction of sp³-hybridized carbons (Fsp3) is 0.360. The van der Waals surface area contributed by atoms with Crippen LogP contribution in [0.5, 0.6) is 5.75 Å². The quantitative estimate of drug-likeness (QED) is 0.401. The molecular formula is C25H29FN2O4. The van der Waals surface area contributed by atoms with Crippen molar-refractivity contribution < 1.29 is 23.8 Å². The number of esters is 1. The van der Waals surface area contributed by atoms with E-state index in [2.05, 4.69) is 14.6 Å². The number of anilines is 1. The van der Waals surface area contributed by atoms with Gasteiger partial charge >= 0.3 is 5.97 Å². The standard InChI is InChI=1S/C25H29FN2O4/c1-6-32-25(31)22(26)24(30)27-20-9-7-15(4)23-19(20)11-16(5)28(23)13-17-8-10-21(29)18(12-17)14(2)3/h7-12,14,22,29H,6,13H2,1-5H3,(H,27,30). The van der Waals surface area contributed by atoms with Gasteiger partial charge < -0.3 is 19.7 Å². The minimum absolute atomic E-state index is 0.000853. The van der Waals surface area contributed by atoms with Crippen LogP contribution >= 0.6 is 0 Å². The van der Waals surface area contributed by atoms with E-state index in [-0.39, 0.29) is 18.3 Å². The molecule has 32 heavy (non-hydrogen) atoms. The van der Waals surface area contributed by atoms with Gasteiger partial charge in [0.25, 0.3) is 12.1 Å². The van der Waals surface area contributed by atoms with Crippen LogP contribution in [-0.4, -0.2) is 34.3 Å². The van der Waals surface area contributed by atoms with Gasteiger partial charge in [0.05, 0.1) is 17.8 Å². The molecule has 3 rings (SSSR count). The Balaban J connectivity index is 1.97. The van der Waals surface area contributed by atoms with Crippen LogP contribution in [0.1, 0.15) is 49.1 Å². The van der Waals surface area contributed by atoms with Crippen molar-refractivity contribution >= 4 is 28.5 Å². The summed E-state index contributed by atoms with van der Waals surface area (Å²) in [7, 11) is 0. The minimum Gasteiger partial charge on any atom is -0.508 e. The normalized spacial score (nSPS) is 12.2. The number of nitrogens with zero attached hydrogens (tertiary/aromatic N) is 1. The zero-order chi connectivity index (χ0) is 23.6. The van der Waals surface area contributed by atoms with Gasteiger partial charge in [-0.2, -0.15) is 0 Å². The summed E-state index contributed by atoms with van der Waals surface area (Å²) in [5.41, 5.74) is 5.22. The highest BCUT2D eigenvalue weighted by atomic mass is 19.1. The van der Waals surface area contributed by atoms with Crippen LogP contribution in [0.15, 0.2) is 36.4 Å². The van der Waals surface area contributed by atoms with Gasteiger partial charge in [-0.1, -0.05) is 32.0 Å². The fourth-order valence-electron chi connectivity index (χ4n) is 3.86. The van der Waals surface area contributed by atoms with E-state index in [1.807, 2.05) is 52.0 Å². The number of nitrogens with one attached hydrogen (secondary N) is 1. The summed E-state index contributed by atoms with van der Waals surface area (Å²) in [6, 6.07) is 11.1. The molecule has 2 N–H and O–H groups in total. The fourth-order valence-corrected chi connectivity index (χ4v) is 3.86. The van der Waals surface area contributed by atoms with Crippen molar-refractivity contribution in [3.05, 3.63) is 58.8 Å². The smallest absolute Gasteiger partial charge is 0.350 e. The molecule has 170 valence electrons. The maximum absolute atomic E-state index is 14.1. The van der Waals surface area contributed by atoms with Crippen LogP contribution in [0.3, 0.4) is 0 Å². The third-order valence-corrected chi connectivity index (χ3v) is 5.50. The lowest BCUT2D eigenvalue weighted by Crippen LogP contribution is -2.32. The van der Waals surface area contributed by atoms with E-state index in [0.717, 1.165) is 33.3 Å². The number of halogens is 1. The predicted molar refractivity (Wildman–Crippen MR) is 123 cm³/mol. The molecule has 1 aromatic heterocycles. The number of carbonyl (C=O) groups excluding carboxylic acids is 2. The van der Waals surface area contributed by atoms with Crippen LogP contribution in [0.25, 0.3) is 10.9 Å². The van der Waals surface area contributed by atoms with Crippen LogP contribution in [-0.2, 0) is 20.9 Å². The van der Waals surface area contributed by atoms with Crippen molar-refractivity contribution in [1.29, 1.82) is 0 Å². The zero-order valence-corrected chi connectivity index (χ0v) is 19.0. The first-order valence-corrected chi connectivity index (χ1v) is 10.7. The molecule has 0 bridgehead atoms. The number of ether oxygens (including phenoxy) is 1. The molecule has 7 heteroatoms. The van der Waals surface area contributed by atoms with Crippen molar-refractivity contribution in [2.45, 2.75) is 53.3 Å². The highest BCUT2D eigenvalue weighted by molar-refractivity contribution is 6.10. The number of hydrogen-bond donors (Lipinski definition) is 2. The van der Waals surface area contributed by atoms with Gasteiger partial charge in [-0.3, -0.25) is 4.79 Å². The summed E-state index contributed by atoms with van der Waals surface area (Å²) < 4.78 is 20.9. The van der Waals surface area contributed by atoms with Gasteiger partial charge in [-0.15, -0.1) is 0 Å². The Hall–Kier alpha value is -3.35.